The summed E-state index contributed by atoms with van der Waals surface area (Å²) in [6.07, 6.45) is 0. The summed E-state index contributed by atoms with van der Waals surface area (Å²) in [5.41, 5.74) is 9.89. The number of hydrogen-bond donors (Lipinski definition) is 1. The normalized spacial score (nSPS) is 10.9. The van der Waals surface area contributed by atoms with Gasteiger partial charge in [0.1, 0.15) is 5.75 Å². The molecule has 0 aliphatic carbocycles. The second-order valence-electron chi connectivity index (χ2n) is 4.62. The molecule has 20 heavy (non-hydrogen) atoms. The van der Waals surface area contributed by atoms with Crippen LogP contribution in [0.3, 0.4) is 0 Å². The highest BCUT2D eigenvalue weighted by molar-refractivity contribution is 6.32. The van der Waals surface area contributed by atoms with E-state index in [9.17, 15) is 0 Å². The zero-order valence-electron chi connectivity index (χ0n) is 11.2. The molecule has 0 bridgehead atoms. The van der Waals surface area contributed by atoms with Crippen LogP contribution in [0.4, 0.5) is 5.95 Å². The first-order chi connectivity index (χ1) is 9.60. The van der Waals surface area contributed by atoms with Crippen LogP contribution >= 0.6 is 11.6 Å². The summed E-state index contributed by atoms with van der Waals surface area (Å²) in [7, 11) is 1.59. The van der Waals surface area contributed by atoms with Crippen LogP contribution in [0.25, 0.3) is 16.7 Å². The number of nitrogen functional groups attached to an aromatic ring is 1. The van der Waals surface area contributed by atoms with Crippen molar-refractivity contribution in [2.24, 2.45) is 0 Å². The Kier molecular flexibility index (Phi) is 3.03. The van der Waals surface area contributed by atoms with E-state index in [-0.39, 0.29) is 0 Å². The maximum Gasteiger partial charge on any atom is 0.205 e. The van der Waals surface area contributed by atoms with Crippen LogP contribution in [-0.4, -0.2) is 16.7 Å². The number of fused-ring (bicyclic) bond motifs is 1. The number of hydrogen-bond acceptors (Lipinski definition) is 3. The molecule has 0 aliphatic rings. The first-order valence-corrected chi connectivity index (χ1v) is 6.56. The number of imidazole rings is 1. The van der Waals surface area contributed by atoms with Gasteiger partial charge in [-0.05, 0) is 36.8 Å². The fraction of sp³-hybridized carbons (Fsp3) is 0.133. The van der Waals surface area contributed by atoms with Crippen LogP contribution in [-0.2, 0) is 0 Å². The third-order valence-electron chi connectivity index (χ3n) is 3.23. The molecule has 0 amide bonds. The lowest BCUT2D eigenvalue weighted by Gasteiger charge is -2.09. The van der Waals surface area contributed by atoms with Gasteiger partial charge in [0.25, 0.3) is 0 Å². The highest BCUT2D eigenvalue weighted by Gasteiger charge is 2.11. The molecule has 2 aromatic carbocycles. The largest absolute Gasteiger partial charge is 0.495 e. The molecule has 2 N–H and O–H groups in total. The molecule has 3 rings (SSSR count). The summed E-state index contributed by atoms with van der Waals surface area (Å²) >= 11 is 6.06. The molecule has 0 aliphatic heterocycles. The van der Waals surface area contributed by atoms with Gasteiger partial charge in [-0.25, -0.2) is 4.98 Å². The van der Waals surface area contributed by atoms with Gasteiger partial charge in [0.2, 0.25) is 5.95 Å². The third-order valence-corrected chi connectivity index (χ3v) is 3.54. The molecule has 0 fully saturated rings. The van der Waals surface area contributed by atoms with Crippen molar-refractivity contribution in [3.63, 3.8) is 0 Å². The number of nitrogens with zero attached hydrogens (tertiary/aromatic N) is 2. The lowest BCUT2D eigenvalue weighted by atomic mass is 10.2. The molecule has 0 saturated carbocycles. The Morgan fingerprint density at radius 1 is 1.20 bits per heavy atom. The van der Waals surface area contributed by atoms with Gasteiger partial charge < -0.3 is 10.5 Å². The molecule has 102 valence electrons. The number of anilines is 1. The maximum atomic E-state index is 6.06. The van der Waals surface area contributed by atoms with E-state index in [1.54, 1.807) is 13.2 Å². The van der Waals surface area contributed by atoms with Gasteiger partial charge in [0.05, 0.1) is 28.9 Å². The highest BCUT2D eigenvalue weighted by Crippen LogP contribution is 2.30. The minimum atomic E-state index is 0.440. The molecule has 0 atom stereocenters. The summed E-state index contributed by atoms with van der Waals surface area (Å²) in [4.78, 5) is 4.40. The summed E-state index contributed by atoms with van der Waals surface area (Å²) in [6.45, 7) is 2.03. The molecule has 4 nitrogen and oxygen atoms in total. The second kappa shape index (κ2) is 4.72. The lowest BCUT2D eigenvalue weighted by Crippen LogP contribution is -2.01. The van der Waals surface area contributed by atoms with Gasteiger partial charge in [-0.1, -0.05) is 17.7 Å². The van der Waals surface area contributed by atoms with Crippen molar-refractivity contribution >= 4 is 28.6 Å². The van der Waals surface area contributed by atoms with Crippen molar-refractivity contribution in [3.8, 4) is 11.4 Å². The number of aromatic nitrogens is 2. The Labute approximate surface area is 121 Å². The van der Waals surface area contributed by atoms with E-state index < -0.39 is 0 Å². The Morgan fingerprint density at radius 2 is 2.00 bits per heavy atom. The van der Waals surface area contributed by atoms with Gasteiger partial charge in [-0.3, -0.25) is 4.57 Å². The van der Waals surface area contributed by atoms with Crippen LogP contribution in [0.5, 0.6) is 5.75 Å². The number of ether oxygens (including phenoxy) is 1. The number of benzene rings is 2. The zero-order chi connectivity index (χ0) is 14.3. The number of methoxy groups -OCH3 is 1. The highest BCUT2D eigenvalue weighted by atomic mass is 35.5. The zero-order valence-corrected chi connectivity index (χ0v) is 12.0. The summed E-state index contributed by atoms with van der Waals surface area (Å²) in [5.74, 6) is 1.05. The smallest absolute Gasteiger partial charge is 0.205 e. The molecule has 0 spiro atoms. The van der Waals surface area contributed by atoms with E-state index >= 15 is 0 Å². The molecule has 1 heterocycles. The van der Waals surface area contributed by atoms with E-state index in [4.69, 9.17) is 22.1 Å². The molecule has 0 saturated heterocycles. The van der Waals surface area contributed by atoms with Crippen molar-refractivity contribution in [1.29, 1.82) is 0 Å². The van der Waals surface area contributed by atoms with Gasteiger partial charge in [-0.15, -0.1) is 0 Å². The number of halogens is 1. The topological polar surface area (TPSA) is 53.1 Å². The van der Waals surface area contributed by atoms with E-state index in [2.05, 4.69) is 4.98 Å². The standard InChI is InChI=1S/C15H14ClN3O/c1-9-3-6-13-12(7-9)18-15(17)19(13)10-4-5-11(16)14(8-10)20-2/h3-8H,1-2H3,(H2,17,18). The van der Waals surface area contributed by atoms with Gasteiger partial charge >= 0.3 is 0 Å². The second-order valence-corrected chi connectivity index (χ2v) is 5.02. The Morgan fingerprint density at radius 3 is 2.75 bits per heavy atom. The fourth-order valence-corrected chi connectivity index (χ4v) is 2.46. The Balaban J connectivity index is 2.26. The Bertz CT molecular complexity index is 795. The average Bonchev–Trinajstić information content (AvgIpc) is 2.74. The van der Waals surface area contributed by atoms with Crippen molar-refractivity contribution < 1.29 is 4.74 Å². The summed E-state index contributed by atoms with van der Waals surface area (Å²) in [5, 5.41) is 0.565. The third kappa shape index (κ3) is 1.98. The molecule has 3 aromatic rings. The fourth-order valence-electron chi connectivity index (χ4n) is 2.27. The minimum Gasteiger partial charge on any atom is -0.495 e. The lowest BCUT2D eigenvalue weighted by molar-refractivity contribution is 0.415. The first-order valence-electron chi connectivity index (χ1n) is 6.18. The number of aryl methyl sites for hydroxylation is 1. The van der Waals surface area contributed by atoms with Crippen molar-refractivity contribution in [3.05, 3.63) is 47.0 Å². The van der Waals surface area contributed by atoms with E-state index in [1.165, 1.54) is 0 Å². The quantitative estimate of drug-likeness (QED) is 0.784. The molecular weight excluding hydrogens is 274 g/mol. The van der Waals surface area contributed by atoms with Gasteiger partial charge in [0, 0.05) is 6.07 Å². The summed E-state index contributed by atoms with van der Waals surface area (Å²) in [6, 6.07) is 11.6. The molecule has 1 aromatic heterocycles. The average molecular weight is 288 g/mol. The van der Waals surface area contributed by atoms with Crippen molar-refractivity contribution in [1.82, 2.24) is 9.55 Å². The van der Waals surface area contributed by atoms with Crippen molar-refractivity contribution in [2.75, 3.05) is 12.8 Å². The minimum absolute atomic E-state index is 0.440. The molecule has 0 radical (unpaired) electrons. The van der Waals surface area contributed by atoms with Gasteiger partial charge in [-0.2, -0.15) is 0 Å². The molecular formula is C15H14ClN3O. The molecule has 0 unspecified atom stereocenters. The van der Waals surface area contributed by atoms with Crippen molar-refractivity contribution in [2.45, 2.75) is 6.92 Å². The first kappa shape index (κ1) is 12.8. The van der Waals surface area contributed by atoms with Crippen LogP contribution in [0.1, 0.15) is 5.56 Å². The SMILES string of the molecule is COc1cc(-n2c(N)nc3cc(C)ccc32)ccc1Cl. The van der Waals surface area contributed by atoms with Crippen LogP contribution in [0, 0.1) is 6.92 Å². The summed E-state index contributed by atoms with van der Waals surface area (Å²) < 4.78 is 7.13. The predicted octanol–water partition coefficient (Wildman–Crippen LogP) is 3.58. The van der Waals surface area contributed by atoms with Crippen LogP contribution < -0.4 is 10.5 Å². The van der Waals surface area contributed by atoms with Crippen LogP contribution in [0.2, 0.25) is 5.02 Å². The predicted molar refractivity (Wildman–Crippen MR) is 81.8 cm³/mol. The monoisotopic (exact) mass is 287 g/mol. The molecule has 5 heteroatoms. The van der Waals surface area contributed by atoms with E-state index in [0.29, 0.717) is 16.7 Å². The number of nitrogens with two attached hydrogens (primary N) is 1. The van der Waals surface area contributed by atoms with E-state index in [0.717, 1.165) is 22.3 Å². The number of rotatable bonds is 2. The van der Waals surface area contributed by atoms with E-state index in [1.807, 2.05) is 41.8 Å². The van der Waals surface area contributed by atoms with Crippen LogP contribution in [0.15, 0.2) is 36.4 Å². The van der Waals surface area contributed by atoms with Gasteiger partial charge in [0.15, 0.2) is 0 Å². The maximum absolute atomic E-state index is 6.06. The Hall–Kier alpha value is -2.20.